The van der Waals surface area contributed by atoms with Crippen LogP contribution in [0.1, 0.15) is 0 Å². The van der Waals surface area contributed by atoms with Gasteiger partial charge in [-0.1, -0.05) is 48.5 Å². The Bertz CT molecular complexity index is 2210. The molecule has 0 aliphatic rings. The fourth-order valence-electron chi connectivity index (χ4n) is 5.97. The Hall–Kier alpha value is -5.55. The first-order valence-electron chi connectivity index (χ1n) is 13.7. The van der Waals surface area contributed by atoms with Gasteiger partial charge in [0.2, 0.25) is 0 Å². The van der Waals surface area contributed by atoms with Crippen molar-refractivity contribution >= 4 is 32.8 Å². The smallest absolute Gasteiger partial charge is 0.141 e. The van der Waals surface area contributed by atoms with E-state index in [9.17, 15) is 0 Å². The van der Waals surface area contributed by atoms with Gasteiger partial charge in [0.1, 0.15) is 5.82 Å². The van der Waals surface area contributed by atoms with Crippen LogP contribution >= 0.6 is 0 Å². The van der Waals surface area contributed by atoms with Crippen molar-refractivity contribution in [2.75, 3.05) is 0 Å². The van der Waals surface area contributed by atoms with E-state index in [-0.39, 0.29) is 0 Å². The molecule has 8 rings (SSSR count). The zero-order valence-electron chi connectivity index (χ0n) is 22.4. The second-order valence-electron chi connectivity index (χ2n) is 10.3. The highest BCUT2D eigenvalue weighted by Crippen LogP contribution is 2.41. The van der Waals surface area contributed by atoms with Crippen LogP contribution in [0.25, 0.3) is 72.3 Å². The van der Waals surface area contributed by atoms with Crippen molar-refractivity contribution in [2.24, 2.45) is 7.05 Å². The van der Waals surface area contributed by atoms with Gasteiger partial charge in [-0.3, -0.25) is 9.97 Å². The second-order valence-corrected chi connectivity index (χ2v) is 10.3. The summed E-state index contributed by atoms with van der Waals surface area (Å²) in [6.07, 6.45) is 5.54. The summed E-state index contributed by atoms with van der Waals surface area (Å²) in [5.41, 5.74) is 10.8. The van der Waals surface area contributed by atoms with E-state index in [1.165, 1.54) is 10.8 Å². The van der Waals surface area contributed by atoms with E-state index < -0.39 is 0 Å². The third-order valence-corrected chi connectivity index (χ3v) is 7.90. The van der Waals surface area contributed by atoms with E-state index in [1.54, 1.807) is 0 Å². The Morgan fingerprint density at radius 3 is 2.20 bits per heavy atom. The van der Waals surface area contributed by atoms with E-state index in [2.05, 4.69) is 123 Å². The van der Waals surface area contributed by atoms with Crippen LogP contribution < -0.4 is 0 Å². The average Bonchev–Trinajstić information content (AvgIpc) is 3.55. The quantitative estimate of drug-likeness (QED) is 0.231. The van der Waals surface area contributed by atoms with E-state index in [0.717, 1.165) is 61.5 Å². The molecule has 0 fully saturated rings. The van der Waals surface area contributed by atoms with Crippen LogP contribution in [0.5, 0.6) is 0 Å². The van der Waals surface area contributed by atoms with Crippen molar-refractivity contribution in [3.8, 4) is 39.5 Å². The normalized spacial score (nSPS) is 11.5. The fourth-order valence-corrected chi connectivity index (χ4v) is 5.97. The lowest BCUT2D eigenvalue weighted by molar-refractivity contribution is 0.960. The molecule has 194 valence electrons. The zero-order valence-corrected chi connectivity index (χ0v) is 22.4. The number of fused-ring (bicyclic) bond motifs is 4. The molecule has 4 aromatic heterocycles. The van der Waals surface area contributed by atoms with Crippen LogP contribution in [-0.4, -0.2) is 24.1 Å². The molecule has 0 bridgehead atoms. The Morgan fingerprint density at radius 2 is 1.37 bits per heavy atom. The molecule has 0 aliphatic carbocycles. The first-order valence-corrected chi connectivity index (χ1v) is 13.7. The van der Waals surface area contributed by atoms with Crippen molar-refractivity contribution in [1.82, 2.24) is 24.1 Å². The number of nitrogens with zero attached hydrogens (tertiary/aromatic N) is 5. The van der Waals surface area contributed by atoms with Gasteiger partial charge in [0.05, 0.1) is 27.8 Å². The summed E-state index contributed by atoms with van der Waals surface area (Å²) in [6.45, 7) is 0. The maximum atomic E-state index is 5.12. The highest BCUT2D eigenvalue weighted by molar-refractivity contribution is 6.12. The van der Waals surface area contributed by atoms with Crippen LogP contribution in [0, 0.1) is 0 Å². The molecule has 5 nitrogen and oxygen atoms in total. The van der Waals surface area contributed by atoms with Crippen LogP contribution in [-0.2, 0) is 7.05 Å². The molecule has 0 radical (unpaired) electrons. The van der Waals surface area contributed by atoms with E-state index in [1.807, 2.05) is 36.8 Å². The number of para-hydroxylation sites is 3. The van der Waals surface area contributed by atoms with Gasteiger partial charge in [0.25, 0.3) is 0 Å². The minimum absolute atomic E-state index is 0.930. The minimum atomic E-state index is 0.930. The summed E-state index contributed by atoms with van der Waals surface area (Å²) in [5, 5.41) is 2.40. The van der Waals surface area contributed by atoms with E-state index in [4.69, 9.17) is 4.98 Å². The van der Waals surface area contributed by atoms with Crippen LogP contribution in [0.4, 0.5) is 0 Å². The van der Waals surface area contributed by atoms with Crippen molar-refractivity contribution in [1.29, 1.82) is 0 Å². The molecule has 0 unspecified atom stereocenters. The number of benzene rings is 4. The molecule has 0 saturated carbocycles. The van der Waals surface area contributed by atoms with Gasteiger partial charge >= 0.3 is 0 Å². The van der Waals surface area contributed by atoms with Gasteiger partial charge in [0, 0.05) is 53.2 Å². The first-order chi connectivity index (χ1) is 20.3. The molecule has 0 aliphatic heterocycles. The fraction of sp³-hybridized carbons (Fsp3) is 0.0278. The number of hydrogen-bond donors (Lipinski definition) is 0. The summed E-state index contributed by atoms with van der Waals surface area (Å²) in [6, 6.07) is 40.3. The number of imidazole rings is 1. The Balaban J connectivity index is 1.47. The summed E-state index contributed by atoms with van der Waals surface area (Å²) in [4.78, 5) is 14.0. The molecule has 0 amide bonds. The maximum absolute atomic E-state index is 5.12. The topological polar surface area (TPSA) is 48.5 Å². The van der Waals surface area contributed by atoms with Gasteiger partial charge in [-0.05, 0) is 77.9 Å². The lowest BCUT2D eigenvalue weighted by Crippen LogP contribution is -1.98. The number of pyridine rings is 2. The molecular weight excluding hydrogens is 502 g/mol. The molecule has 4 heterocycles. The van der Waals surface area contributed by atoms with E-state index in [0.29, 0.717) is 0 Å². The Kier molecular flexibility index (Phi) is 5.28. The summed E-state index contributed by atoms with van der Waals surface area (Å²) in [5.74, 6) is 0.930. The summed E-state index contributed by atoms with van der Waals surface area (Å²) >= 11 is 0. The van der Waals surface area contributed by atoms with Crippen molar-refractivity contribution in [3.63, 3.8) is 0 Å². The largest absolute Gasteiger partial charge is 0.327 e. The van der Waals surface area contributed by atoms with Gasteiger partial charge in [0.15, 0.2) is 0 Å². The van der Waals surface area contributed by atoms with Gasteiger partial charge in [-0.25, -0.2) is 4.98 Å². The number of rotatable bonds is 4. The molecule has 0 saturated heterocycles. The third-order valence-electron chi connectivity index (χ3n) is 7.90. The standard InChI is InChI=1S/C36H25N5/c1-40-34-15-5-3-13-32(34)39-36(40)30-23-35-29(22-28(30)24-16-19-37-20-17-24)27-11-2-4-14-33(27)41(35)26-10-8-9-25(21-26)31-12-6-7-18-38-31/h2-23H,1H3. The Morgan fingerprint density at radius 1 is 0.561 bits per heavy atom. The first kappa shape index (κ1) is 23.3. The molecule has 0 N–H and O–H groups in total. The predicted molar refractivity (Wildman–Crippen MR) is 167 cm³/mol. The molecule has 0 spiro atoms. The molecule has 8 aromatic rings. The summed E-state index contributed by atoms with van der Waals surface area (Å²) < 4.78 is 4.55. The molecular formula is C36H25N5. The summed E-state index contributed by atoms with van der Waals surface area (Å²) in [7, 11) is 2.09. The molecule has 5 heteroatoms. The predicted octanol–water partition coefficient (Wildman–Crippen LogP) is 8.46. The van der Waals surface area contributed by atoms with Crippen molar-refractivity contribution in [3.05, 3.63) is 134 Å². The SMILES string of the molecule is Cn1c(-c2cc3c(cc2-c2ccncc2)c2ccccc2n3-c2cccc(-c3ccccn3)c2)nc2ccccc21. The lowest BCUT2D eigenvalue weighted by atomic mass is 9.97. The Labute approximate surface area is 237 Å². The third kappa shape index (κ3) is 3.74. The zero-order chi connectivity index (χ0) is 27.3. The molecule has 0 atom stereocenters. The second kappa shape index (κ2) is 9.28. The number of aryl methyl sites for hydroxylation is 1. The molecule has 41 heavy (non-hydrogen) atoms. The maximum Gasteiger partial charge on any atom is 0.141 e. The van der Waals surface area contributed by atoms with Crippen LogP contribution in [0.2, 0.25) is 0 Å². The van der Waals surface area contributed by atoms with Crippen LogP contribution in [0.15, 0.2) is 134 Å². The average molecular weight is 528 g/mol. The number of hydrogen-bond acceptors (Lipinski definition) is 3. The molecule has 4 aromatic carbocycles. The monoisotopic (exact) mass is 527 g/mol. The number of aromatic nitrogens is 5. The lowest BCUT2D eigenvalue weighted by Gasteiger charge is -2.14. The highest BCUT2D eigenvalue weighted by Gasteiger charge is 2.20. The van der Waals surface area contributed by atoms with Crippen LogP contribution in [0.3, 0.4) is 0 Å². The van der Waals surface area contributed by atoms with Gasteiger partial charge < -0.3 is 9.13 Å². The van der Waals surface area contributed by atoms with Gasteiger partial charge in [-0.2, -0.15) is 0 Å². The van der Waals surface area contributed by atoms with Crippen molar-refractivity contribution in [2.45, 2.75) is 0 Å². The minimum Gasteiger partial charge on any atom is -0.327 e. The van der Waals surface area contributed by atoms with E-state index >= 15 is 0 Å². The highest BCUT2D eigenvalue weighted by atomic mass is 15.1. The van der Waals surface area contributed by atoms with Gasteiger partial charge in [-0.15, -0.1) is 0 Å². The van der Waals surface area contributed by atoms with Crippen molar-refractivity contribution < 1.29 is 0 Å².